The van der Waals surface area contributed by atoms with Crippen LogP contribution in [-0.2, 0) is 4.74 Å². The molecule has 0 spiro atoms. The molecule has 2 N–H and O–H groups in total. The minimum atomic E-state index is -0.191. The van der Waals surface area contributed by atoms with Crippen molar-refractivity contribution in [1.82, 2.24) is 0 Å². The average Bonchev–Trinajstić information content (AvgIpc) is 2.37. The van der Waals surface area contributed by atoms with Gasteiger partial charge in [-0.05, 0) is 31.9 Å². The van der Waals surface area contributed by atoms with E-state index in [-0.39, 0.29) is 11.9 Å². The summed E-state index contributed by atoms with van der Waals surface area (Å²) in [6.07, 6.45) is 1.82. The molecular formula is C14H23FN2O. The predicted molar refractivity (Wildman–Crippen MR) is 73.4 cm³/mol. The number of anilines is 1. The van der Waals surface area contributed by atoms with Gasteiger partial charge in [0.25, 0.3) is 0 Å². The highest BCUT2D eigenvalue weighted by molar-refractivity contribution is 5.47. The number of hydrogen-bond acceptors (Lipinski definition) is 3. The van der Waals surface area contributed by atoms with Crippen LogP contribution in [-0.4, -0.2) is 32.8 Å². The van der Waals surface area contributed by atoms with Crippen LogP contribution >= 0.6 is 0 Å². The third-order valence-corrected chi connectivity index (χ3v) is 2.95. The summed E-state index contributed by atoms with van der Waals surface area (Å²) in [5.41, 5.74) is 6.69. The van der Waals surface area contributed by atoms with E-state index in [0.29, 0.717) is 12.2 Å². The van der Waals surface area contributed by atoms with Crippen LogP contribution in [0.15, 0.2) is 24.3 Å². The van der Waals surface area contributed by atoms with Crippen LogP contribution in [0.4, 0.5) is 10.1 Å². The fourth-order valence-corrected chi connectivity index (χ4v) is 1.97. The molecule has 18 heavy (non-hydrogen) atoms. The van der Waals surface area contributed by atoms with E-state index in [9.17, 15) is 4.39 Å². The van der Waals surface area contributed by atoms with E-state index in [1.165, 1.54) is 6.07 Å². The molecule has 4 heteroatoms. The first kappa shape index (κ1) is 14.9. The molecule has 1 rings (SSSR count). The van der Waals surface area contributed by atoms with Crippen molar-refractivity contribution >= 4 is 5.69 Å². The number of nitrogens with two attached hydrogens (primary N) is 1. The fraction of sp³-hybridized carbons (Fsp3) is 0.571. The Hall–Kier alpha value is -1.13. The van der Waals surface area contributed by atoms with Crippen molar-refractivity contribution in [2.45, 2.75) is 25.8 Å². The third kappa shape index (κ3) is 4.63. The van der Waals surface area contributed by atoms with Gasteiger partial charge in [0.05, 0.1) is 5.69 Å². The summed E-state index contributed by atoms with van der Waals surface area (Å²) in [7, 11) is 1.68. The van der Waals surface area contributed by atoms with Crippen LogP contribution in [0.25, 0.3) is 0 Å². The van der Waals surface area contributed by atoms with E-state index in [0.717, 1.165) is 26.0 Å². The van der Waals surface area contributed by atoms with Crippen LogP contribution in [0.5, 0.6) is 0 Å². The number of rotatable bonds is 8. The summed E-state index contributed by atoms with van der Waals surface area (Å²) >= 11 is 0. The number of halogens is 1. The predicted octanol–water partition coefficient (Wildman–Crippen LogP) is 2.41. The zero-order chi connectivity index (χ0) is 13.4. The van der Waals surface area contributed by atoms with Gasteiger partial charge in [-0.25, -0.2) is 4.39 Å². The summed E-state index contributed by atoms with van der Waals surface area (Å²) in [5.74, 6) is -0.191. The Morgan fingerprint density at radius 1 is 1.39 bits per heavy atom. The average molecular weight is 254 g/mol. The lowest BCUT2D eigenvalue weighted by Crippen LogP contribution is -2.38. The lowest BCUT2D eigenvalue weighted by Gasteiger charge is -2.26. The van der Waals surface area contributed by atoms with Crippen molar-refractivity contribution in [2.75, 3.05) is 31.7 Å². The zero-order valence-electron chi connectivity index (χ0n) is 11.2. The van der Waals surface area contributed by atoms with Gasteiger partial charge < -0.3 is 15.4 Å². The van der Waals surface area contributed by atoms with Gasteiger partial charge in [0, 0.05) is 32.8 Å². The molecule has 0 aliphatic rings. The molecule has 0 fully saturated rings. The SMILES string of the molecule is CCN(CC(N)CCCOC)c1ccccc1F. The van der Waals surface area contributed by atoms with Crippen LogP contribution in [0.2, 0.25) is 0 Å². The Morgan fingerprint density at radius 3 is 2.72 bits per heavy atom. The molecule has 1 aromatic rings. The second kappa shape index (κ2) is 8.06. The van der Waals surface area contributed by atoms with E-state index in [2.05, 4.69) is 0 Å². The highest BCUT2D eigenvalue weighted by Gasteiger charge is 2.12. The van der Waals surface area contributed by atoms with Crippen LogP contribution in [0.3, 0.4) is 0 Å². The summed E-state index contributed by atoms with van der Waals surface area (Å²) in [4.78, 5) is 1.98. The molecule has 1 atom stereocenters. The van der Waals surface area contributed by atoms with E-state index in [4.69, 9.17) is 10.5 Å². The Kier molecular flexibility index (Phi) is 6.68. The number of ether oxygens (including phenoxy) is 1. The maximum Gasteiger partial charge on any atom is 0.146 e. The monoisotopic (exact) mass is 254 g/mol. The molecule has 0 heterocycles. The summed E-state index contributed by atoms with van der Waals surface area (Å²) in [6.45, 7) is 4.15. The molecule has 102 valence electrons. The third-order valence-electron chi connectivity index (χ3n) is 2.95. The van der Waals surface area contributed by atoms with E-state index in [1.54, 1.807) is 19.2 Å². The van der Waals surface area contributed by atoms with Crippen molar-refractivity contribution in [3.05, 3.63) is 30.1 Å². The Morgan fingerprint density at radius 2 is 2.11 bits per heavy atom. The van der Waals surface area contributed by atoms with Crippen LogP contribution in [0.1, 0.15) is 19.8 Å². The number of para-hydroxylation sites is 1. The number of hydrogen-bond donors (Lipinski definition) is 1. The van der Waals surface area contributed by atoms with Gasteiger partial charge in [-0.2, -0.15) is 0 Å². The number of benzene rings is 1. The number of likely N-dealkylation sites (N-methyl/N-ethyl adjacent to an activating group) is 1. The van der Waals surface area contributed by atoms with Crippen molar-refractivity contribution in [2.24, 2.45) is 5.73 Å². The second-order valence-electron chi connectivity index (χ2n) is 4.39. The Balaban J connectivity index is 2.54. The standard InChI is InChI=1S/C14H23FN2O/c1-3-17(11-12(16)7-6-10-18-2)14-9-5-4-8-13(14)15/h4-5,8-9,12H,3,6-7,10-11,16H2,1-2H3. The van der Waals surface area contributed by atoms with E-state index < -0.39 is 0 Å². The molecule has 0 amide bonds. The van der Waals surface area contributed by atoms with Gasteiger partial charge in [0.15, 0.2) is 0 Å². The molecule has 0 aliphatic carbocycles. The first-order chi connectivity index (χ1) is 8.69. The topological polar surface area (TPSA) is 38.5 Å². The summed E-state index contributed by atoms with van der Waals surface area (Å²) in [6, 6.07) is 6.86. The molecule has 0 saturated carbocycles. The maximum absolute atomic E-state index is 13.7. The van der Waals surface area contributed by atoms with Crippen LogP contribution in [0, 0.1) is 5.82 Å². The molecular weight excluding hydrogens is 231 g/mol. The van der Waals surface area contributed by atoms with Gasteiger partial charge in [0.1, 0.15) is 5.82 Å². The molecule has 0 aromatic heterocycles. The lowest BCUT2D eigenvalue weighted by molar-refractivity contribution is 0.190. The fourth-order valence-electron chi connectivity index (χ4n) is 1.97. The van der Waals surface area contributed by atoms with Gasteiger partial charge in [-0.1, -0.05) is 12.1 Å². The van der Waals surface area contributed by atoms with Gasteiger partial charge >= 0.3 is 0 Å². The molecule has 3 nitrogen and oxygen atoms in total. The number of nitrogens with zero attached hydrogens (tertiary/aromatic N) is 1. The molecule has 0 saturated heterocycles. The van der Waals surface area contributed by atoms with Gasteiger partial charge in [-0.15, -0.1) is 0 Å². The molecule has 0 aliphatic heterocycles. The largest absolute Gasteiger partial charge is 0.385 e. The van der Waals surface area contributed by atoms with Crippen molar-refractivity contribution in [3.8, 4) is 0 Å². The highest BCUT2D eigenvalue weighted by atomic mass is 19.1. The second-order valence-corrected chi connectivity index (χ2v) is 4.39. The number of methoxy groups -OCH3 is 1. The van der Waals surface area contributed by atoms with Crippen LogP contribution < -0.4 is 10.6 Å². The van der Waals surface area contributed by atoms with Crippen molar-refractivity contribution < 1.29 is 9.13 Å². The van der Waals surface area contributed by atoms with Crippen molar-refractivity contribution in [3.63, 3.8) is 0 Å². The molecule has 1 unspecified atom stereocenters. The summed E-state index contributed by atoms with van der Waals surface area (Å²) in [5, 5.41) is 0. The lowest BCUT2D eigenvalue weighted by atomic mass is 10.1. The van der Waals surface area contributed by atoms with E-state index >= 15 is 0 Å². The minimum Gasteiger partial charge on any atom is -0.385 e. The first-order valence-electron chi connectivity index (χ1n) is 6.43. The maximum atomic E-state index is 13.7. The normalized spacial score (nSPS) is 12.4. The molecule has 0 bridgehead atoms. The quantitative estimate of drug-likeness (QED) is 0.724. The minimum absolute atomic E-state index is 0.0414. The van der Waals surface area contributed by atoms with Crippen molar-refractivity contribution in [1.29, 1.82) is 0 Å². The zero-order valence-corrected chi connectivity index (χ0v) is 11.2. The Bertz CT molecular complexity index is 346. The summed E-state index contributed by atoms with van der Waals surface area (Å²) < 4.78 is 18.7. The Labute approximate surface area is 109 Å². The van der Waals surface area contributed by atoms with Gasteiger partial charge in [-0.3, -0.25) is 0 Å². The molecule has 0 radical (unpaired) electrons. The van der Waals surface area contributed by atoms with Gasteiger partial charge in [0.2, 0.25) is 0 Å². The highest BCUT2D eigenvalue weighted by Crippen LogP contribution is 2.18. The first-order valence-corrected chi connectivity index (χ1v) is 6.43. The molecule has 1 aromatic carbocycles. The smallest absolute Gasteiger partial charge is 0.146 e. The van der Waals surface area contributed by atoms with E-state index in [1.807, 2.05) is 17.9 Å².